The van der Waals surface area contributed by atoms with E-state index >= 15 is 0 Å². The summed E-state index contributed by atoms with van der Waals surface area (Å²) in [6.07, 6.45) is 6.57. The lowest BCUT2D eigenvalue weighted by molar-refractivity contribution is 0.0940. The highest BCUT2D eigenvalue weighted by molar-refractivity contribution is 6.37. The number of nitrogens with zero attached hydrogens (tertiary/aromatic N) is 3. The number of halogens is 2. The molecule has 4 aromatic rings. The van der Waals surface area contributed by atoms with Crippen LogP contribution in [0, 0.1) is 12.8 Å². The molecule has 1 amide bonds. The van der Waals surface area contributed by atoms with E-state index in [-0.39, 0.29) is 23.4 Å². The average molecular weight is 485 g/mol. The lowest BCUT2D eigenvalue weighted by Crippen LogP contribution is -2.34. The molecule has 0 radical (unpaired) electrons. The van der Waals surface area contributed by atoms with Gasteiger partial charge in [0.2, 0.25) is 0 Å². The lowest BCUT2D eigenvalue weighted by atomic mass is 9.85. The van der Waals surface area contributed by atoms with E-state index in [1.807, 2.05) is 16.7 Å². The van der Waals surface area contributed by atoms with Gasteiger partial charge in [0.15, 0.2) is 0 Å². The first kappa shape index (κ1) is 21.9. The largest absolute Gasteiger partial charge is 0.360 e. The molecule has 1 aliphatic carbocycles. The Labute approximate surface area is 199 Å². The zero-order chi connectivity index (χ0) is 23.1. The Bertz CT molecular complexity index is 1430. The zero-order valence-corrected chi connectivity index (χ0v) is 19.5. The molecule has 2 unspecified atom stereocenters. The Balaban J connectivity index is 1.45. The summed E-state index contributed by atoms with van der Waals surface area (Å²) in [5.74, 6) is 0.517. The van der Waals surface area contributed by atoms with Gasteiger partial charge in [0.25, 0.3) is 11.5 Å². The molecular weight excluding hydrogens is 463 g/mol. The van der Waals surface area contributed by atoms with Gasteiger partial charge in [-0.15, -0.1) is 0 Å². The normalized spacial score (nSPS) is 18.6. The van der Waals surface area contributed by atoms with E-state index < -0.39 is 0 Å². The minimum Gasteiger partial charge on any atom is -0.360 e. The van der Waals surface area contributed by atoms with Crippen molar-refractivity contribution in [2.75, 3.05) is 6.54 Å². The molecule has 5 rings (SSSR count). The van der Waals surface area contributed by atoms with Crippen molar-refractivity contribution in [3.63, 3.8) is 0 Å². The maximum Gasteiger partial charge on any atom is 0.264 e. The van der Waals surface area contributed by atoms with Crippen LogP contribution >= 0.6 is 23.2 Å². The highest BCUT2D eigenvalue weighted by Gasteiger charge is 2.28. The smallest absolute Gasteiger partial charge is 0.264 e. The molecule has 33 heavy (non-hydrogen) atoms. The number of pyridine rings is 2. The molecule has 1 saturated carbocycles. The molecule has 0 aliphatic heterocycles. The van der Waals surface area contributed by atoms with E-state index in [4.69, 9.17) is 27.7 Å². The van der Waals surface area contributed by atoms with Gasteiger partial charge in [-0.25, -0.2) is 0 Å². The van der Waals surface area contributed by atoms with E-state index in [0.717, 1.165) is 36.6 Å². The van der Waals surface area contributed by atoms with Crippen LogP contribution < -0.4 is 10.9 Å². The molecule has 170 valence electrons. The third-order valence-corrected chi connectivity index (χ3v) is 6.94. The molecule has 3 aromatic heterocycles. The summed E-state index contributed by atoms with van der Waals surface area (Å²) in [6, 6.07) is 7.13. The molecule has 1 N–H and O–H groups in total. The highest BCUT2D eigenvalue weighted by atomic mass is 35.5. The van der Waals surface area contributed by atoms with Crippen LogP contribution in [0.15, 0.2) is 46.0 Å². The predicted octanol–water partition coefficient (Wildman–Crippen LogP) is 5.31. The maximum atomic E-state index is 13.6. The van der Waals surface area contributed by atoms with Crippen LogP contribution in [0.3, 0.4) is 0 Å². The van der Waals surface area contributed by atoms with Crippen LogP contribution in [0.25, 0.3) is 21.8 Å². The van der Waals surface area contributed by atoms with Crippen molar-refractivity contribution in [2.24, 2.45) is 5.92 Å². The van der Waals surface area contributed by atoms with E-state index in [1.165, 1.54) is 12.4 Å². The average Bonchev–Trinajstić information content (AvgIpc) is 3.19. The van der Waals surface area contributed by atoms with Crippen molar-refractivity contribution < 1.29 is 9.32 Å². The summed E-state index contributed by atoms with van der Waals surface area (Å²) in [6.45, 7) is 2.26. The molecule has 2 atom stereocenters. The number of hydrogen-bond acceptors (Lipinski definition) is 5. The van der Waals surface area contributed by atoms with Crippen molar-refractivity contribution in [1.82, 2.24) is 20.0 Å². The number of benzene rings is 1. The van der Waals surface area contributed by atoms with Gasteiger partial charge >= 0.3 is 0 Å². The highest BCUT2D eigenvalue weighted by Crippen LogP contribution is 2.36. The fraction of sp³-hybridized carbons (Fsp3) is 0.333. The number of aromatic nitrogens is 3. The molecule has 1 fully saturated rings. The monoisotopic (exact) mass is 484 g/mol. The lowest BCUT2D eigenvalue weighted by Gasteiger charge is -2.31. The summed E-state index contributed by atoms with van der Waals surface area (Å²) in [7, 11) is 0. The number of nitrogens with one attached hydrogen (secondary N) is 1. The first-order valence-corrected chi connectivity index (χ1v) is 11.7. The quantitative estimate of drug-likeness (QED) is 0.423. The summed E-state index contributed by atoms with van der Waals surface area (Å²) in [5, 5.41) is 9.27. The molecule has 1 aromatic carbocycles. The molecular formula is C24H22Cl2N4O3. The van der Waals surface area contributed by atoms with E-state index in [0.29, 0.717) is 38.8 Å². The van der Waals surface area contributed by atoms with Gasteiger partial charge in [0.05, 0.1) is 21.1 Å². The van der Waals surface area contributed by atoms with Gasteiger partial charge in [-0.1, -0.05) is 40.8 Å². The summed E-state index contributed by atoms with van der Waals surface area (Å²) < 4.78 is 7.20. The van der Waals surface area contributed by atoms with Crippen molar-refractivity contribution in [2.45, 2.75) is 38.6 Å². The van der Waals surface area contributed by atoms with E-state index in [1.54, 1.807) is 19.1 Å². The molecule has 0 bridgehead atoms. The number of carbonyl (C=O) groups is 1. The van der Waals surface area contributed by atoms with Crippen LogP contribution in [0.5, 0.6) is 0 Å². The topological polar surface area (TPSA) is 90.0 Å². The number of carbonyl (C=O) groups excluding carboxylic acids is 1. The molecule has 9 heteroatoms. The fourth-order valence-corrected chi connectivity index (χ4v) is 5.33. The predicted molar refractivity (Wildman–Crippen MR) is 128 cm³/mol. The van der Waals surface area contributed by atoms with Crippen molar-refractivity contribution in [1.29, 1.82) is 0 Å². The van der Waals surface area contributed by atoms with E-state index in [2.05, 4.69) is 15.5 Å². The van der Waals surface area contributed by atoms with Crippen molar-refractivity contribution >= 4 is 50.9 Å². The van der Waals surface area contributed by atoms with Gasteiger partial charge in [-0.3, -0.25) is 14.6 Å². The van der Waals surface area contributed by atoms with Crippen LogP contribution in [0.1, 0.15) is 47.8 Å². The van der Waals surface area contributed by atoms with Gasteiger partial charge in [-0.05, 0) is 50.3 Å². The Hall–Kier alpha value is -2.90. The third kappa shape index (κ3) is 4.00. The minimum atomic E-state index is -0.206. The number of hydrogen-bond donors (Lipinski definition) is 1. The Morgan fingerprint density at radius 3 is 2.91 bits per heavy atom. The summed E-state index contributed by atoms with van der Waals surface area (Å²) >= 11 is 12.5. The third-order valence-electron chi connectivity index (χ3n) is 6.42. The van der Waals surface area contributed by atoms with Gasteiger partial charge in [0, 0.05) is 30.4 Å². The Kier molecular flexibility index (Phi) is 5.85. The fourth-order valence-electron chi connectivity index (χ4n) is 4.89. The standard InChI is InChI=1S/C24H22Cl2N4O3/c1-13-20-22(29-33-13)21-18(26)6-3-7-19(21)30(24(20)32)17-5-2-4-14(8-17)10-28-23(31)15-9-16(25)12-27-11-15/h3,6-7,9,11-12,14,17H,2,4-5,8,10H2,1H3,(H,28,31). The van der Waals surface area contributed by atoms with E-state index in [9.17, 15) is 9.59 Å². The molecule has 1 aliphatic rings. The van der Waals surface area contributed by atoms with Crippen LogP contribution in [0.2, 0.25) is 10.0 Å². The Morgan fingerprint density at radius 2 is 2.09 bits per heavy atom. The number of fused-ring (bicyclic) bond motifs is 3. The van der Waals surface area contributed by atoms with Gasteiger partial charge in [-0.2, -0.15) is 0 Å². The zero-order valence-electron chi connectivity index (χ0n) is 18.0. The number of aryl methyl sites for hydroxylation is 1. The second-order valence-electron chi connectivity index (χ2n) is 8.56. The van der Waals surface area contributed by atoms with Gasteiger partial charge < -0.3 is 14.4 Å². The minimum absolute atomic E-state index is 0.0133. The number of amides is 1. The molecule has 0 spiro atoms. The SMILES string of the molecule is Cc1onc2c1c(=O)n(C1CCCC(CNC(=O)c3cncc(Cl)c3)C1)c1cccc(Cl)c21. The summed E-state index contributed by atoms with van der Waals surface area (Å²) in [5.41, 5.74) is 1.58. The second kappa shape index (κ2) is 8.80. The molecule has 3 heterocycles. The van der Waals surface area contributed by atoms with Crippen LogP contribution in [-0.2, 0) is 0 Å². The van der Waals surface area contributed by atoms with Crippen molar-refractivity contribution in [3.05, 3.63) is 68.4 Å². The first-order chi connectivity index (χ1) is 15.9. The first-order valence-electron chi connectivity index (χ1n) is 10.9. The maximum absolute atomic E-state index is 13.6. The number of rotatable bonds is 4. The van der Waals surface area contributed by atoms with Crippen LogP contribution in [0.4, 0.5) is 0 Å². The Morgan fingerprint density at radius 1 is 1.24 bits per heavy atom. The van der Waals surface area contributed by atoms with Gasteiger partial charge in [0.1, 0.15) is 16.7 Å². The van der Waals surface area contributed by atoms with Crippen LogP contribution in [-0.4, -0.2) is 27.2 Å². The molecule has 7 nitrogen and oxygen atoms in total. The second-order valence-corrected chi connectivity index (χ2v) is 9.40. The summed E-state index contributed by atoms with van der Waals surface area (Å²) in [4.78, 5) is 30.0. The van der Waals surface area contributed by atoms with Crippen molar-refractivity contribution in [3.8, 4) is 0 Å². The molecule has 0 saturated heterocycles.